The van der Waals surface area contributed by atoms with Crippen molar-refractivity contribution in [3.63, 3.8) is 0 Å². The largest absolute Gasteiger partial charge is 0.472 e. The van der Waals surface area contributed by atoms with Gasteiger partial charge in [-0.3, -0.25) is 4.79 Å². The molecule has 1 aromatic rings. The van der Waals surface area contributed by atoms with Crippen molar-refractivity contribution < 1.29 is 17.9 Å². The van der Waals surface area contributed by atoms with E-state index in [9.17, 15) is 13.2 Å². The summed E-state index contributed by atoms with van der Waals surface area (Å²) in [6, 6.07) is 2.07. The van der Waals surface area contributed by atoms with Crippen LogP contribution in [0.2, 0.25) is 0 Å². The van der Waals surface area contributed by atoms with E-state index < -0.39 is 10.0 Å². The van der Waals surface area contributed by atoms with Crippen LogP contribution in [-0.2, 0) is 14.8 Å². The third-order valence-electron chi connectivity index (χ3n) is 5.36. The maximum Gasteiger partial charge on any atom is 0.251 e. The van der Waals surface area contributed by atoms with Crippen LogP contribution in [0.15, 0.2) is 12.4 Å². The van der Waals surface area contributed by atoms with Gasteiger partial charge in [-0.2, -0.15) is 5.26 Å². The molecule has 152 valence electrons. The van der Waals surface area contributed by atoms with Crippen molar-refractivity contribution in [2.45, 2.75) is 50.7 Å². The Morgan fingerprint density at radius 2 is 1.82 bits per heavy atom. The van der Waals surface area contributed by atoms with Gasteiger partial charge in [-0.1, -0.05) is 0 Å². The monoisotopic (exact) mass is 407 g/mol. The molecule has 0 bridgehead atoms. The summed E-state index contributed by atoms with van der Waals surface area (Å²) >= 11 is 0. The van der Waals surface area contributed by atoms with Crippen LogP contribution in [-0.4, -0.2) is 60.1 Å². The number of sulfonamides is 1. The third-order valence-corrected chi connectivity index (χ3v) is 6.67. The molecule has 3 rings (SSSR count). The molecule has 0 spiro atoms. The third kappa shape index (κ3) is 5.17. The number of piperidine rings is 1. The average Bonchev–Trinajstić information content (AvgIpc) is 2.69. The van der Waals surface area contributed by atoms with Crippen LogP contribution >= 0.6 is 0 Å². The molecule has 2 fully saturated rings. The molecule has 1 aliphatic carbocycles. The molecule has 1 saturated carbocycles. The van der Waals surface area contributed by atoms with E-state index in [1.165, 1.54) is 23.0 Å². The van der Waals surface area contributed by atoms with Crippen molar-refractivity contribution in [3.05, 3.63) is 18.1 Å². The minimum absolute atomic E-state index is 0.0122. The molecule has 10 heteroatoms. The van der Waals surface area contributed by atoms with Crippen molar-refractivity contribution in [2.75, 3.05) is 19.3 Å². The lowest BCUT2D eigenvalue weighted by Gasteiger charge is -2.33. The number of rotatable bonds is 5. The molecule has 1 amide bonds. The van der Waals surface area contributed by atoms with E-state index in [2.05, 4.69) is 15.3 Å². The number of nitrogens with zero attached hydrogens (tertiary/aromatic N) is 4. The second kappa shape index (κ2) is 8.84. The number of hydrogen-bond donors (Lipinski definition) is 1. The van der Waals surface area contributed by atoms with Crippen LogP contribution < -0.4 is 10.1 Å². The Morgan fingerprint density at radius 3 is 2.43 bits per heavy atom. The van der Waals surface area contributed by atoms with Crippen LogP contribution in [0.5, 0.6) is 5.88 Å². The molecule has 1 aromatic heterocycles. The van der Waals surface area contributed by atoms with Crippen LogP contribution in [0.1, 0.15) is 44.2 Å². The smallest absolute Gasteiger partial charge is 0.251 e. The van der Waals surface area contributed by atoms with Gasteiger partial charge in [0.1, 0.15) is 12.2 Å². The molecule has 1 saturated heterocycles. The molecule has 9 nitrogen and oxygen atoms in total. The van der Waals surface area contributed by atoms with Gasteiger partial charge >= 0.3 is 0 Å². The Hall–Kier alpha value is -2.25. The highest BCUT2D eigenvalue weighted by Gasteiger charge is 2.31. The Labute approximate surface area is 165 Å². The normalized spacial score (nSPS) is 24.3. The summed E-state index contributed by atoms with van der Waals surface area (Å²) in [7, 11) is -3.18. The summed E-state index contributed by atoms with van der Waals surface area (Å²) in [4.78, 5) is 20.5. The summed E-state index contributed by atoms with van der Waals surface area (Å²) in [6.07, 6.45) is 8.33. The summed E-state index contributed by atoms with van der Waals surface area (Å²) in [5.41, 5.74) is 0.179. The average molecular weight is 407 g/mol. The van der Waals surface area contributed by atoms with Crippen LogP contribution in [0.3, 0.4) is 0 Å². The molecule has 0 aromatic carbocycles. The first kappa shape index (κ1) is 20.5. The summed E-state index contributed by atoms with van der Waals surface area (Å²) in [5, 5.41) is 12.2. The first-order valence-corrected chi connectivity index (χ1v) is 11.3. The van der Waals surface area contributed by atoms with Crippen molar-refractivity contribution >= 4 is 15.9 Å². The lowest BCUT2D eigenvalue weighted by molar-refractivity contribution is -0.127. The maximum atomic E-state index is 12.5. The summed E-state index contributed by atoms with van der Waals surface area (Å²) in [5.74, 6) is 0.137. The van der Waals surface area contributed by atoms with Crippen molar-refractivity contribution in [1.82, 2.24) is 19.6 Å². The molecular weight excluding hydrogens is 382 g/mol. The fourth-order valence-electron chi connectivity index (χ4n) is 3.74. The number of carbonyl (C=O) groups excluding carboxylic acids is 1. The minimum Gasteiger partial charge on any atom is -0.472 e. The highest BCUT2D eigenvalue weighted by atomic mass is 32.2. The number of aromatic nitrogens is 2. The number of hydrogen-bond acceptors (Lipinski definition) is 7. The maximum absolute atomic E-state index is 12.5. The quantitative estimate of drug-likeness (QED) is 0.766. The molecule has 1 aliphatic heterocycles. The molecule has 1 N–H and O–H groups in total. The zero-order valence-electron chi connectivity index (χ0n) is 15.9. The summed E-state index contributed by atoms with van der Waals surface area (Å²) in [6.45, 7) is 0.799. The SMILES string of the molecule is CS(=O)(=O)N1CCC(C(=O)NC2CCC(Oc3nccnc3C#N)CC2)CC1. The van der Waals surface area contributed by atoms with Crippen molar-refractivity contribution in [1.29, 1.82) is 5.26 Å². The lowest BCUT2D eigenvalue weighted by Crippen LogP contribution is -2.46. The van der Waals surface area contributed by atoms with Gasteiger partial charge in [0.25, 0.3) is 5.88 Å². The number of nitrogens with one attached hydrogen (secondary N) is 1. The van der Waals surface area contributed by atoms with Crippen LogP contribution in [0, 0.1) is 17.2 Å². The van der Waals surface area contributed by atoms with E-state index in [0.717, 1.165) is 25.7 Å². The van der Waals surface area contributed by atoms with Gasteiger partial charge in [0.15, 0.2) is 0 Å². The number of ether oxygens (including phenoxy) is 1. The minimum atomic E-state index is -3.18. The van der Waals surface area contributed by atoms with E-state index in [4.69, 9.17) is 10.00 Å². The molecule has 0 atom stereocenters. The van der Waals surface area contributed by atoms with Gasteiger partial charge in [-0.05, 0) is 38.5 Å². The van der Waals surface area contributed by atoms with E-state index in [0.29, 0.717) is 25.9 Å². The predicted molar refractivity (Wildman–Crippen MR) is 101 cm³/mol. The molecule has 0 unspecified atom stereocenters. The lowest BCUT2D eigenvalue weighted by atomic mass is 9.91. The molecule has 28 heavy (non-hydrogen) atoms. The zero-order valence-corrected chi connectivity index (χ0v) is 16.7. The van der Waals surface area contributed by atoms with Crippen molar-refractivity contribution in [2.24, 2.45) is 5.92 Å². The summed E-state index contributed by atoms with van der Waals surface area (Å²) < 4.78 is 30.4. The molecule has 2 aliphatic rings. The number of amides is 1. The fraction of sp³-hybridized carbons (Fsp3) is 0.667. The highest BCUT2D eigenvalue weighted by molar-refractivity contribution is 7.88. The van der Waals surface area contributed by atoms with Gasteiger partial charge in [0.05, 0.1) is 6.26 Å². The van der Waals surface area contributed by atoms with Gasteiger partial charge in [-0.25, -0.2) is 22.7 Å². The number of carbonyl (C=O) groups is 1. The standard InChI is InChI=1S/C18H25N5O4S/c1-28(25,26)23-10-6-13(7-11-23)17(24)22-14-2-4-15(5-3-14)27-18-16(12-19)20-8-9-21-18/h8-9,13-15H,2-7,10-11H2,1H3,(H,22,24). The van der Waals surface area contributed by atoms with E-state index in [1.54, 1.807) is 0 Å². The number of nitriles is 1. The first-order chi connectivity index (χ1) is 13.4. The molecule has 2 heterocycles. The van der Waals surface area contributed by atoms with Gasteiger partial charge in [0, 0.05) is 37.4 Å². The highest BCUT2D eigenvalue weighted by Crippen LogP contribution is 2.25. The van der Waals surface area contributed by atoms with Crippen molar-refractivity contribution in [3.8, 4) is 11.9 Å². The first-order valence-electron chi connectivity index (χ1n) is 9.50. The van der Waals surface area contributed by atoms with Crippen LogP contribution in [0.25, 0.3) is 0 Å². The predicted octanol–water partition coefficient (Wildman–Crippen LogP) is 0.826. The zero-order chi connectivity index (χ0) is 20.1. The van der Waals surface area contributed by atoms with E-state index in [1.807, 2.05) is 6.07 Å². The Balaban J connectivity index is 1.43. The Kier molecular flexibility index (Phi) is 6.46. The van der Waals surface area contributed by atoms with Gasteiger partial charge in [0.2, 0.25) is 21.6 Å². The van der Waals surface area contributed by atoms with Gasteiger partial charge < -0.3 is 10.1 Å². The van der Waals surface area contributed by atoms with E-state index in [-0.39, 0.29) is 35.5 Å². The molecule has 0 radical (unpaired) electrons. The second-order valence-corrected chi connectivity index (χ2v) is 9.34. The molecular formula is C18H25N5O4S. The fourth-order valence-corrected chi connectivity index (χ4v) is 4.61. The van der Waals surface area contributed by atoms with Crippen LogP contribution in [0.4, 0.5) is 0 Å². The second-order valence-electron chi connectivity index (χ2n) is 7.36. The Bertz CT molecular complexity index is 838. The van der Waals surface area contributed by atoms with E-state index >= 15 is 0 Å². The Morgan fingerprint density at radius 1 is 1.18 bits per heavy atom. The van der Waals surface area contributed by atoms with Gasteiger partial charge in [-0.15, -0.1) is 0 Å². The topological polar surface area (TPSA) is 125 Å².